The molecule has 2 atom stereocenters. The number of Topliss-reactive ketones (excluding diaryl/α,β-unsaturated/α-hetero) is 1. The molecule has 4 aromatic carbocycles. The molecule has 0 bridgehead atoms. The summed E-state index contributed by atoms with van der Waals surface area (Å²) in [7, 11) is 1.56. The molecule has 4 aromatic rings. The summed E-state index contributed by atoms with van der Waals surface area (Å²) < 4.78 is 11.1. The smallest absolute Gasteiger partial charge is 0.335 e. The monoisotopic (exact) mass is 597 g/mol. The number of aliphatic carboxylic acids is 1. The quantitative estimate of drug-likeness (QED) is 0.162. The number of aromatic carboxylic acids is 2. The number of nitrogens with one attached hydrogen (secondary N) is 1. The average molecular weight is 598 g/mol. The molecule has 1 aliphatic heterocycles. The molecule has 0 fully saturated rings. The highest BCUT2D eigenvalue weighted by molar-refractivity contribution is 6.04. The lowest BCUT2D eigenvalue weighted by molar-refractivity contribution is -0.137. The fraction of sp³-hybridized carbons (Fsp3) is 0.176. The van der Waals surface area contributed by atoms with E-state index in [9.17, 15) is 24.3 Å². The maximum Gasteiger partial charge on any atom is 0.335 e. The Hall–Kier alpha value is -5.64. The van der Waals surface area contributed by atoms with E-state index < -0.39 is 29.9 Å². The summed E-state index contributed by atoms with van der Waals surface area (Å²) in [5.41, 5.74) is 3.41. The Morgan fingerprint density at radius 2 is 1.39 bits per heavy atom. The molecule has 2 unspecified atom stereocenters. The standard InChI is InChI=1S/C25H23NO5.C9H8O4/c1-30-18-9-7-17(8-10-18)25(29)24-21(14-23(27)28)20-13-19(11-12-22(20)26-24)31-15-16-5-3-2-4-6-16;1-5-6(8(10)11)3-2-4-7(5)9(12)13/h2-13,21,24,26H,14-15H2,1H3,(H,27,28);2-4H,1H3,(H,10,11)(H,12,13). The third kappa shape index (κ3) is 7.40. The van der Waals surface area contributed by atoms with Crippen LogP contribution in [-0.2, 0) is 11.4 Å². The lowest BCUT2D eigenvalue weighted by Crippen LogP contribution is -2.32. The minimum atomic E-state index is -1.11. The van der Waals surface area contributed by atoms with E-state index >= 15 is 0 Å². The van der Waals surface area contributed by atoms with Gasteiger partial charge in [-0.1, -0.05) is 36.4 Å². The summed E-state index contributed by atoms with van der Waals surface area (Å²) >= 11 is 0. The zero-order valence-electron chi connectivity index (χ0n) is 24.0. The highest BCUT2D eigenvalue weighted by Crippen LogP contribution is 2.41. The second-order valence-electron chi connectivity index (χ2n) is 10.0. The molecule has 5 rings (SSSR count). The number of ether oxygens (including phenoxy) is 2. The van der Waals surface area contributed by atoms with E-state index in [2.05, 4.69) is 5.32 Å². The van der Waals surface area contributed by atoms with Crippen LogP contribution in [0, 0.1) is 6.92 Å². The number of anilines is 1. The number of carbonyl (C=O) groups is 4. The Bertz CT molecular complexity index is 1630. The Labute approximate surface area is 253 Å². The van der Waals surface area contributed by atoms with E-state index in [1.807, 2.05) is 48.5 Å². The lowest BCUT2D eigenvalue weighted by atomic mass is 9.87. The molecule has 1 aliphatic rings. The van der Waals surface area contributed by atoms with Crippen LogP contribution in [0.25, 0.3) is 0 Å². The molecular weight excluding hydrogens is 566 g/mol. The van der Waals surface area contributed by atoms with Gasteiger partial charge < -0.3 is 30.1 Å². The summed E-state index contributed by atoms with van der Waals surface area (Å²) in [6.07, 6.45) is -0.158. The van der Waals surface area contributed by atoms with Crippen LogP contribution in [0.15, 0.2) is 91.0 Å². The van der Waals surface area contributed by atoms with Crippen molar-refractivity contribution in [2.75, 3.05) is 12.4 Å². The number of rotatable bonds is 10. The van der Waals surface area contributed by atoms with Gasteiger partial charge in [-0.25, -0.2) is 9.59 Å². The summed E-state index contributed by atoms with van der Waals surface area (Å²) in [6.45, 7) is 1.89. The van der Waals surface area contributed by atoms with E-state index in [0.29, 0.717) is 23.7 Å². The Morgan fingerprint density at radius 3 is 1.95 bits per heavy atom. The summed E-state index contributed by atoms with van der Waals surface area (Å²) in [4.78, 5) is 45.9. The van der Waals surface area contributed by atoms with Gasteiger partial charge in [0, 0.05) is 17.2 Å². The van der Waals surface area contributed by atoms with E-state index in [1.165, 1.54) is 25.1 Å². The average Bonchev–Trinajstić information content (AvgIpc) is 3.37. The fourth-order valence-corrected chi connectivity index (χ4v) is 4.96. The van der Waals surface area contributed by atoms with Gasteiger partial charge in [0.2, 0.25) is 0 Å². The molecule has 0 amide bonds. The molecule has 0 saturated carbocycles. The molecule has 10 heteroatoms. The van der Waals surface area contributed by atoms with E-state index in [0.717, 1.165) is 16.8 Å². The van der Waals surface area contributed by atoms with Crippen LogP contribution in [0.3, 0.4) is 0 Å². The van der Waals surface area contributed by atoms with Crippen LogP contribution < -0.4 is 14.8 Å². The first-order chi connectivity index (χ1) is 21.1. The van der Waals surface area contributed by atoms with Crippen molar-refractivity contribution in [3.63, 3.8) is 0 Å². The third-order valence-electron chi connectivity index (χ3n) is 7.23. The highest BCUT2D eigenvalue weighted by atomic mass is 16.5. The second-order valence-corrected chi connectivity index (χ2v) is 10.0. The zero-order chi connectivity index (χ0) is 31.8. The lowest BCUT2D eigenvalue weighted by Gasteiger charge is -2.18. The van der Waals surface area contributed by atoms with Gasteiger partial charge >= 0.3 is 17.9 Å². The first-order valence-electron chi connectivity index (χ1n) is 13.6. The Morgan fingerprint density at radius 1 is 0.773 bits per heavy atom. The van der Waals surface area contributed by atoms with Crippen molar-refractivity contribution in [2.24, 2.45) is 0 Å². The summed E-state index contributed by atoms with van der Waals surface area (Å²) in [6, 6.07) is 25.6. The van der Waals surface area contributed by atoms with Gasteiger partial charge in [0.05, 0.1) is 30.7 Å². The molecule has 4 N–H and O–H groups in total. The van der Waals surface area contributed by atoms with Crippen molar-refractivity contribution in [1.82, 2.24) is 0 Å². The molecule has 0 saturated heterocycles. The van der Waals surface area contributed by atoms with Gasteiger partial charge in [0.15, 0.2) is 5.78 Å². The Balaban J connectivity index is 0.000000285. The number of hydrogen-bond acceptors (Lipinski definition) is 7. The van der Waals surface area contributed by atoms with Gasteiger partial charge in [-0.15, -0.1) is 0 Å². The third-order valence-corrected chi connectivity index (χ3v) is 7.23. The molecule has 44 heavy (non-hydrogen) atoms. The maximum atomic E-state index is 13.2. The fourth-order valence-electron chi connectivity index (χ4n) is 4.96. The van der Waals surface area contributed by atoms with Crippen molar-refractivity contribution in [3.05, 3.63) is 124 Å². The number of methoxy groups -OCH3 is 1. The summed E-state index contributed by atoms with van der Waals surface area (Å²) in [5, 5.41) is 30.0. The van der Waals surface area contributed by atoms with E-state index in [4.69, 9.17) is 19.7 Å². The van der Waals surface area contributed by atoms with Crippen molar-refractivity contribution < 1.29 is 44.0 Å². The minimum Gasteiger partial charge on any atom is -0.497 e. The van der Waals surface area contributed by atoms with E-state index in [1.54, 1.807) is 31.4 Å². The SMILES string of the molecule is COc1ccc(C(=O)C2Nc3ccc(OCc4ccccc4)cc3C2CC(=O)O)cc1.Cc1c(C(=O)O)cccc1C(=O)O. The first-order valence-corrected chi connectivity index (χ1v) is 13.6. The van der Waals surface area contributed by atoms with Crippen LogP contribution in [-0.4, -0.2) is 52.2 Å². The van der Waals surface area contributed by atoms with Gasteiger partial charge in [-0.2, -0.15) is 0 Å². The number of benzene rings is 4. The van der Waals surface area contributed by atoms with Crippen LogP contribution in [0.1, 0.15) is 60.1 Å². The molecule has 226 valence electrons. The molecule has 10 nitrogen and oxygen atoms in total. The van der Waals surface area contributed by atoms with Gasteiger partial charge in [-0.3, -0.25) is 9.59 Å². The number of carboxylic acid groups (broad SMARTS) is 3. The predicted octanol–water partition coefficient (Wildman–Crippen LogP) is 5.90. The normalized spacial score (nSPS) is 14.7. The van der Waals surface area contributed by atoms with Crippen molar-refractivity contribution in [1.29, 1.82) is 0 Å². The van der Waals surface area contributed by atoms with Crippen LogP contribution in [0.2, 0.25) is 0 Å². The van der Waals surface area contributed by atoms with Crippen molar-refractivity contribution in [2.45, 2.75) is 31.9 Å². The largest absolute Gasteiger partial charge is 0.497 e. The molecule has 1 heterocycles. The van der Waals surface area contributed by atoms with Crippen LogP contribution >= 0.6 is 0 Å². The summed E-state index contributed by atoms with van der Waals surface area (Å²) in [5.74, 6) is -2.54. The highest BCUT2D eigenvalue weighted by Gasteiger charge is 2.38. The van der Waals surface area contributed by atoms with Crippen LogP contribution in [0.4, 0.5) is 5.69 Å². The molecule has 0 aliphatic carbocycles. The number of ketones is 1. The first kappa shape index (κ1) is 31.3. The number of carbonyl (C=O) groups excluding carboxylic acids is 1. The molecule has 0 spiro atoms. The van der Waals surface area contributed by atoms with Gasteiger partial charge in [0.25, 0.3) is 0 Å². The van der Waals surface area contributed by atoms with Crippen molar-refractivity contribution >= 4 is 29.4 Å². The predicted molar refractivity (Wildman–Crippen MR) is 162 cm³/mol. The number of fused-ring (bicyclic) bond motifs is 1. The molecule has 0 radical (unpaired) electrons. The topological polar surface area (TPSA) is 159 Å². The van der Waals surface area contributed by atoms with Crippen molar-refractivity contribution in [3.8, 4) is 11.5 Å². The van der Waals surface area contributed by atoms with Crippen LogP contribution in [0.5, 0.6) is 11.5 Å². The van der Waals surface area contributed by atoms with Gasteiger partial charge in [-0.05, 0) is 78.2 Å². The molecular formula is C34H31NO9. The van der Waals surface area contributed by atoms with E-state index in [-0.39, 0.29) is 28.9 Å². The zero-order valence-corrected chi connectivity index (χ0v) is 24.0. The maximum absolute atomic E-state index is 13.2. The van der Waals surface area contributed by atoms with Gasteiger partial charge in [0.1, 0.15) is 18.1 Å². The second kappa shape index (κ2) is 14.0. The number of carboxylic acids is 3. The Kier molecular flexibility index (Phi) is 9.97. The number of hydrogen-bond donors (Lipinski definition) is 4. The minimum absolute atomic E-state index is 0.0277. The molecule has 0 aromatic heterocycles.